The van der Waals surface area contributed by atoms with E-state index in [0.29, 0.717) is 0 Å². The molecule has 0 unspecified atom stereocenters. The van der Waals surface area contributed by atoms with Crippen molar-refractivity contribution in [2.75, 3.05) is 4.81 Å². The van der Waals surface area contributed by atoms with Crippen LogP contribution in [-0.4, -0.2) is 11.4 Å². The van der Waals surface area contributed by atoms with Crippen LogP contribution in [0.4, 0.5) is 11.4 Å². The van der Waals surface area contributed by atoms with Gasteiger partial charge >= 0.3 is 6.85 Å². The Morgan fingerprint density at radius 3 is 1.86 bits per heavy atom. The zero-order valence-corrected chi connectivity index (χ0v) is 43.9. The van der Waals surface area contributed by atoms with Gasteiger partial charge in [0.2, 0.25) is 0 Å². The minimum Gasteiger partial charge on any atom is -0.376 e. The van der Waals surface area contributed by atoms with Crippen LogP contribution in [0, 0.1) is 0 Å². The van der Waals surface area contributed by atoms with E-state index in [9.17, 15) is 0 Å². The van der Waals surface area contributed by atoms with E-state index in [0.717, 1.165) is 0 Å². The fourth-order valence-corrected chi connectivity index (χ4v) is 14.8. The molecule has 0 saturated carbocycles. The lowest BCUT2D eigenvalue weighted by molar-refractivity contribution is 0.589. The molecule has 4 heteroatoms. The second-order valence-corrected chi connectivity index (χ2v) is 26.5. The molecule has 2 aromatic heterocycles. The third-order valence-electron chi connectivity index (χ3n) is 17.4. The Bertz CT molecular complexity index is 4000. The lowest BCUT2D eigenvalue weighted by atomic mass is 9.43. The van der Waals surface area contributed by atoms with E-state index >= 15 is 0 Å². The minimum atomic E-state index is -0.251. The average molecular weight is 925 g/mol. The average Bonchev–Trinajstić information content (AvgIpc) is 3.99. The summed E-state index contributed by atoms with van der Waals surface area (Å²) in [4.78, 5) is 2.78. The molecule has 0 radical (unpaired) electrons. The number of hydrogen-bond donors (Lipinski definition) is 0. The number of nitrogens with zero attached hydrogens (tertiary/aromatic N) is 2. The second-order valence-electron chi connectivity index (χ2n) is 25.4. The van der Waals surface area contributed by atoms with Gasteiger partial charge in [0.25, 0.3) is 0 Å². The molecule has 2 aliphatic heterocycles. The zero-order chi connectivity index (χ0) is 48.5. The van der Waals surface area contributed by atoms with Gasteiger partial charge in [-0.3, -0.25) is 0 Å². The molecule has 4 heterocycles. The summed E-state index contributed by atoms with van der Waals surface area (Å²) in [5, 5.41) is 5.45. The highest BCUT2D eigenvalue weighted by molar-refractivity contribution is 7.26. The highest BCUT2D eigenvalue weighted by atomic mass is 32.1. The summed E-state index contributed by atoms with van der Waals surface area (Å²) in [7, 11) is 0. The van der Waals surface area contributed by atoms with Gasteiger partial charge in [-0.05, 0) is 142 Å². The van der Waals surface area contributed by atoms with Crippen molar-refractivity contribution in [1.82, 2.24) is 4.57 Å². The fraction of sp³-hybridized carbons (Fsp3) is 0.273. The van der Waals surface area contributed by atoms with Crippen molar-refractivity contribution >= 4 is 82.5 Å². The predicted octanol–water partition coefficient (Wildman–Crippen LogP) is 16.9. The van der Waals surface area contributed by atoms with Crippen LogP contribution in [0.3, 0.4) is 0 Å². The van der Waals surface area contributed by atoms with Crippen LogP contribution in [0.1, 0.15) is 129 Å². The summed E-state index contributed by atoms with van der Waals surface area (Å²) >= 11 is 1.93. The molecule has 70 heavy (non-hydrogen) atoms. The lowest BCUT2D eigenvalue weighted by Crippen LogP contribution is -2.60. The van der Waals surface area contributed by atoms with Crippen LogP contribution in [0.5, 0.6) is 0 Å². The first-order valence-corrected chi connectivity index (χ1v) is 26.4. The van der Waals surface area contributed by atoms with E-state index in [1.54, 1.807) is 0 Å². The van der Waals surface area contributed by atoms with Crippen LogP contribution in [0.2, 0.25) is 0 Å². The first-order valence-electron chi connectivity index (χ1n) is 25.6. The van der Waals surface area contributed by atoms with E-state index in [1.807, 2.05) is 11.3 Å². The van der Waals surface area contributed by atoms with Crippen molar-refractivity contribution in [2.45, 2.75) is 117 Å². The van der Waals surface area contributed by atoms with Gasteiger partial charge in [-0.25, -0.2) is 0 Å². The Morgan fingerprint density at radius 2 is 1.11 bits per heavy atom. The SMILES string of the molecule is CC(C)(C)c1ccc(N2B3c4cc5c(cc4-n4c6ccc(C(C)(C)C)cc6c6c7c(c(c3c64)-c3cc4c(cc32)-c2cc(C(C)(C)C)ccc2C4(C)C)-c2ccccc2C7(C)C)sc2ccccc25)cc1. The molecule has 0 fully saturated rings. The first kappa shape index (κ1) is 42.5. The summed E-state index contributed by atoms with van der Waals surface area (Å²) in [6, 6.07) is 53.3. The number of hydrogen-bond acceptors (Lipinski definition) is 2. The van der Waals surface area contributed by atoms with Crippen molar-refractivity contribution in [3.8, 4) is 39.1 Å². The Balaban J connectivity index is 1.22. The predicted molar refractivity (Wildman–Crippen MR) is 304 cm³/mol. The van der Waals surface area contributed by atoms with E-state index < -0.39 is 0 Å². The number of rotatable bonds is 1. The summed E-state index contributed by atoms with van der Waals surface area (Å²) in [6.07, 6.45) is 0. The molecular weight excluding hydrogens is 864 g/mol. The number of thiophene rings is 1. The first-order chi connectivity index (χ1) is 33.1. The Kier molecular flexibility index (Phi) is 8.10. The van der Waals surface area contributed by atoms with Gasteiger partial charge < -0.3 is 9.38 Å². The summed E-state index contributed by atoms with van der Waals surface area (Å²) in [5.41, 5.74) is 26.9. The van der Waals surface area contributed by atoms with E-state index in [1.165, 1.54) is 142 Å². The number of anilines is 2. The number of aromatic nitrogens is 1. The van der Waals surface area contributed by atoms with Gasteiger partial charge in [0.05, 0.1) is 11.0 Å². The monoisotopic (exact) mass is 924 g/mol. The lowest BCUT2D eigenvalue weighted by Gasteiger charge is -2.43. The van der Waals surface area contributed by atoms with Crippen LogP contribution < -0.4 is 15.7 Å². The molecule has 8 aromatic carbocycles. The van der Waals surface area contributed by atoms with Crippen LogP contribution in [0.25, 0.3) is 81.0 Å². The van der Waals surface area contributed by atoms with Gasteiger partial charge in [0.1, 0.15) is 0 Å². The summed E-state index contributed by atoms with van der Waals surface area (Å²) < 4.78 is 5.39. The normalized spacial score (nSPS) is 16.0. The van der Waals surface area contributed by atoms with Crippen molar-refractivity contribution in [3.63, 3.8) is 0 Å². The van der Waals surface area contributed by atoms with E-state index in [2.05, 4.69) is 233 Å². The van der Waals surface area contributed by atoms with Crippen molar-refractivity contribution in [1.29, 1.82) is 0 Å². The van der Waals surface area contributed by atoms with Gasteiger partial charge in [0, 0.05) is 64.4 Å². The van der Waals surface area contributed by atoms with Crippen LogP contribution >= 0.6 is 11.3 Å². The Hall–Kier alpha value is -6.36. The molecule has 14 rings (SSSR count). The van der Waals surface area contributed by atoms with Gasteiger partial charge in [-0.2, -0.15) is 0 Å². The zero-order valence-electron chi connectivity index (χ0n) is 43.1. The molecule has 2 aliphatic carbocycles. The molecule has 10 aromatic rings. The van der Waals surface area contributed by atoms with Crippen molar-refractivity contribution < 1.29 is 0 Å². The van der Waals surface area contributed by atoms with E-state index in [-0.39, 0.29) is 33.9 Å². The third-order valence-corrected chi connectivity index (χ3v) is 18.5. The molecule has 2 nitrogen and oxygen atoms in total. The van der Waals surface area contributed by atoms with E-state index in [4.69, 9.17) is 0 Å². The maximum Gasteiger partial charge on any atom is 0.333 e. The van der Waals surface area contributed by atoms with Gasteiger partial charge in [-0.15, -0.1) is 11.3 Å². The molecule has 0 N–H and O–H groups in total. The Labute approximate surface area is 418 Å². The molecule has 0 saturated heterocycles. The van der Waals surface area contributed by atoms with Crippen molar-refractivity contribution in [3.05, 3.63) is 172 Å². The largest absolute Gasteiger partial charge is 0.376 e. The topological polar surface area (TPSA) is 8.17 Å². The summed E-state index contributed by atoms with van der Waals surface area (Å²) in [6.45, 7) is 30.9. The third kappa shape index (κ3) is 5.36. The molecule has 0 amide bonds. The summed E-state index contributed by atoms with van der Waals surface area (Å²) in [5.74, 6) is 0. The minimum absolute atomic E-state index is 0.0182. The second kappa shape index (κ2) is 13.3. The number of fused-ring (bicyclic) bond motifs is 19. The van der Waals surface area contributed by atoms with Crippen molar-refractivity contribution in [2.24, 2.45) is 0 Å². The molecular formula is C66H61BN2S. The van der Waals surface area contributed by atoms with Crippen LogP contribution in [-0.2, 0) is 27.1 Å². The highest BCUT2D eigenvalue weighted by Gasteiger charge is 2.51. The quantitative estimate of drug-likeness (QED) is 0.149. The molecule has 0 atom stereocenters. The highest BCUT2D eigenvalue weighted by Crippen LogP contribution is 2.61. The smallest absolute Gasteiger partial charge is 0.333 e. The maximum absolute atomic E-state index is 2.78. The maximum atomic E-state index is 2.78. The molecule has 344 valence electrons. The van der Waals surface area contributed by atoms with Crippen LogP contribution in [0.15, 0.2) is 133 Å². The molecule has 0 bridgehead atoms. The standard InChI is InChI=1S/C66H61BN2S/c1-62(2,3)36-22-26-39(27-23-36)69-52-34-43-42-30-37(63(4,5)6)24-28-48(42)65(10,11)49(43)32-46(52)57-56-41-19-14-16-20-47(41)66(12,13)59(56)58-45-31-38(64(7,8)9)25-29-51(45)68-53-35-55-44(40-18-15-17-21-54(40)70-55)33-50(53)67(69)60(57)61(58)68/h14-35H,1-13H3. The Morgan fingerprint density at radius 1 is 0.471 bits per heavy atom. The molecule has 0 spiro atoms. The van der Waals surface area contributed by atoms with Gasteiger partial charge in [-0.1, -0.05) is 175 Å². The van der Waals surface area contributed by atoms with Gasteiger partial charge in [0.15, 0.2) is 0 Å². The fourth-order valence-electron chi connectivity index (χ4n) is 13.7. The molecule has 4 aliphatic rings. The number of benzene rings is 8.